The maximum atomic E-state index is 12.7. The van der Waals surface area contributed by atoms with Crippen LogP contribution in [-0.4, -0.2) is 33.4 Å². The van der Waals surface area contributed by atoms with Gasteiger partial charge >= 0.3 is 0 Å². The molecule has 2 heterocycles. The average Bonchev–Trinajstić information content (AvgIpc) is 2.63. The molecule has 0 spiro atoms. The average molecular weight is 389 g/mol. The van der Waals surface area contributed by atoms with Crippen molar-refractivity contribution in [2.45, 2.75) is 38.6 Å². The Labute approximate surface area is 150 Å². The van der Waals surface area contributed by atoms with Crippen LogP contribution in [0.4, 0.5) is 11.5 Å². The molecule has 0 saturated carbocycles. The molecule has 24 heavy (non-hydrogen) atoms. The van der Waals surface area contributed by atoms with E-state index in [0.29, 0.717) is 17.6 Å². The van der Waals surface area contributed by atoms with Crippen molar-refractivity contribution in [2.24, 2.45) is 0 Å². The van der Waals surface area contributed by atoms with E-state index in [9.17, 15) is 4.79 Å². The topological polar surface area (TPSA) is 58.1 Å². The molecule has 1 amide bonds. The summed E-state index contributed by atoms with van der Waals surface area (Å²) in [5.41, 5.74) is 1.32. The first-order chi connectivity index (χ1) is 11.7. The van der Waals surface area contributed by atoms with Gasteiger partial charge in [-0.25, -0.2) is 9.97 Å². The summed E-state index contributed by atoms with van der Waals surface area (Å²) in [7, 11) is 0. The van der Waals surface area contributed by atoms with Crippen molar-refractivity contribution in [1.82, 2.24) is 14.9 Å². The molecule has 1 fully saturated rings. The fourth-order valence-electron chi connectivity index (χ4n) is 3.04. The number of hydrogen-bond donors (Lipinski definition) is 1. The molecule has 5 nitrogen and oxygen atoms in total. The number of aromatic nitrogens is 2. The highest BCUT2D eigenvalue weighted by atomic mass is 79.9. The standard InChI is InChI=1S/C18H21BrN4O/c1-2-13-7-5-6-10-23(13)18(24)16-11-21-17(12-20-16)22-15-9-4-3-8-14(15)19/h3-4,8-9,11-13H,2,5-7,10H2,1H3,(H,21,22). The van der Waals surface area contributed by atoms with E-state index in [1.165, 1.54) is 6.42 Å². The maximum Gasteiger partial charge on any atom is 0.274 e. The zero-order valence-electron chi connectivity index (χ0n) is 13.7. The molecular weight excluding hydrogens is 368 g/mol. The summed E-state index contributed by atoms with van der Waals surface area (Å²) in [6, 6.07) is 8.12. The minimum Gasteiger partial charge on any atom is -0.338 e. The highest BCUT2D eigenvalue weighted by molar-refractivity contribution is 9.10. The van der Waals surface area contributed by atoms with Crippen LogP contribution in [-0.2, 0) is 0 Å². The largest absolute Gasteiger partial charge is 0.338 e. The lowest BCUT2D eigenvalue weighted by Crippen LogP contribution is -2.43. The van der Waals surface area contributed by atoms with Crippen molar-refractivity contribution in [3.05, 3.63) is 46.8 Å². The highest BCUT2D eigenvalue weighted by Crippen LogP contribution is 2.24. The first kappa shape index (κ1) is 16.9. The number of nitrogens with zero attached hydrogens (tertiary/aromatic N) is 3. The number of hydrogen-bond acceptors (Lipinski definition) is 4. The van der Waals surface area contributed by atoms with Crippen LogP contribution in [0.25, 0.3) is 0 Å². The fraction of sp³-hybridized carbons (Fsp3) is 0.389. The van der Waals surface area contributed by atoms with E-state index in [2.05, 4.69) is 38.1 Å². The molecule has 1 aliphatic rings. The summed E-state index contributed by atoms with van der Waals surface area (Å²) < 4.78 is 0.950. The lowest BCUT2D eigenvalue weighted by atomic mass is 10.00. The minimum absolute atomic E-state index is 0.0125. The molecule has 3 rings (SSSR count). The van der Waals surface area contributed by atoms with Crippen LogP contribution in [0, 0.1) is 0 Å². The third kappa shape index (κ3) is 3.75. The van der Waals surface area contributed by atoms with Crippen LogP contribution in [0.15, 0.2) is 41.1 Å². The lowest BCUT2D eigenvalue weighted by Gasteiger charge is -2.34. The van der Waals surface area contributed by atoms with Gasteiger partial charge in [0.15, 0.2) is 0 Å². The van der Waals surface area contributed by atoms with Gasteiger partial charge in [0.05, 0.1) is 18.1 Å². The number of carbonyl (C=O) groups excluding carboxylic acids is 1. The Morgan fingerprint density at radius 1 is 1.29 bits per heavy atom. The normalized spacial score (nSPS) is 17.6. The Morgan fingerprint density at radius 2 is 2.12 bits per heavy atom. The third-order valence-electron chi connectivity index (χ3n) is 4.37. The van der Waals surface area contributed by atoms with Gasteiger partial charge in [0.1, 0.15) is 11.5 Å². The molecule has 1 aromatic heterocycles. The summed E-state index contributed by atoms with van der Waals surface area (Å²) >= 11 is 3.49. The summed E-state index contributed by atoms with van der Waals surface area (Å²) in [5, 5.41) is 3.19. The van der Waals surface area contributed by atoms with E-state index in [-0.39, 0.29) is 5.91 Å². The van der Waals surface area contributed by atoms with Crippen molar-refractivity contribution in [1.29, 1.82) is 0 Å². The Kier molecular flexibility index (Phi) is 5.45. The van der Waals surface area contributed by atoms with Gasteiger partial charge < -0.3 is 10.2 Å². The maximum absolute atomic E-state index is 12.7. The second kappa shape index (κ2) is 7.75. The van der Waals surface area contributed by atoms with Gasteiger partial charge in [-0.15, -0.1) is 0 Å². The van der Waals surface area contributed by atoms with Gasteiger partial charge in [0.2, 0.25) is 0 Å². The lowest BCUT2D eigenvalue weighted by molar-refractivity contribution is 0.0601. The SMILES string of the molecule is CCC1CCCCN1C(=O)c1cnc(Nc2ccccc2Br)cn1. The molecule has 1 aliphatic heterocycles. The van der Waals surface area contributed by atoms with Gasteiger partial charge in [-0.2, -0.15) is 0 Å². The van der Waals surface area contributed by atoms with Crippen molar-refractivity contribution in [2.75, 3.05) is 11.9 Å². The number of nitrogens with one attached hydrogen (secondary N) is 1. The Hall–Kier alpha value is -1.95. The highest BCUT2D eigenvalue weighted by Gasteiger charge is 2.27. The third-order valence-corrected chi connectivity index (χ3v) is 5.06. The first-order valence-corrected chi connectivity index (χ1v) is 9.13. The summed E-state index contributed by atoms with van der Waals surface area (Å²) in [6.45, 7) is 2.95. The molecule has 0 bridgehead atoms. The van der Waals surface area contributed by atoms with E-state index in [4.69, 9.17) is 0 Å². The van der Waals surface area contributed by atoms with Crippen LogP contribution < -0.4 is 5.32 Å². The smallest absolute Gasteiger partial charge is 0.274 e. The zero-order valence-corrected chi connectivity index (χ0v) is 15.3. The quantitative estimate of drug-likeness (QED) is 0.843. The Balaban J connectivity index is 1.72. The number of anilines is 2. The second-order valence-corrected chi connectivity index (χ2v) is 6.80. The van der Waals surface area contributed by atoms with Crippen LogP contribution >= 0.6 is 15.9 Å². The van der Waals surface area contributed by atoms with Crippen molar-refractivity contribution in [3.63, 3.8) is 0 Å². The summed E-state index contributed by atoms with van der Waals surface area (Å²) in [5.74, 6) is 0.602. The number of benzene rings is 1. The molecule has 1 unspecified atom stereocenters. The molecule has 1 saturated heterocycles. The van der Waals surface area contributed by atoms with Crippen LogP contribution in [0.3, 0.4) is 0 Å². The van der Waals surface area contributed by atoms with E-state index in [0.717, 1.165) is 36.0 Å². The molecule has 2 aromatic rings. The predicted octanol–water partition coefficient (Wildman–Crippen LogP) is 4.39. The predicted molar refractivity (Wildman–Crippen MR) is 98.4 cm³/mol. The van der Waals surface area contributed by atoms with Gasteiger partial charge in [0.25, 0.3) is 5.91 Å². The molecule has 126 valence electrons. The van der Waals surface area contributed by atoms with Gasteiger partial charge in [-0.3, -0.25) is 4.79 Å². The number of carbonyl (C=O) groups is 1. The molecule has 1 aromatic carbocycles. The zero-order chi connectivity index (χ0) is 16.9. The van der Waals surface area contributed by atoms with E-state index >= 15 is 0 Å². The summed E-state index contributed by atoms with van der Waals surface area (Å²) in [4.78, 5) is 23.3. The molecule has 0 aliphatic carbocycles. The van der Waals surface area contributed by atoms with Gasteiger partial charge in [-0.05, 0) is 53.7 Å². The number of piperidine rings is 1. The summed E-state index contributed by atoms with van der Waals surface area (Å²) in [6.07, 6.45) is 7.50. The molecule has 1 N–H and O–H groups in total. The van der Waals surface area contributed by atoms with Gasteiger partial charge in [0, 0.05) is 17.1 Å². The van der Waals surface area contributed by atoms with E-state index < -0.39 is 0 Å². The number of rotatable bonds is 4. The van der Waals surface area contributed by atoms with E-state index in [1.807, 2.05) is 29.2 Å². The van der Waals surface area contributed by atoms with Crippen LogP contribution in [0.2, 0.25) is 0 Å². The minimum atomic E-state index is -0.0125. The Morgan fingerprint density at radius 3 is 2.83 bits per heavy atom. The molecule has 6 heteroatoms. The van der Waals surface area contributed by atoms with Gasteiger partial charge in [-0.1, -0.05) is 19.1 Å². The van der Waals surface area contributed by atoms with E-state index in [1.54, 1.807) is 12.4 Å². The first-order valence-electron chi connectivity index (χ1n) is 8.33. The van der Waals surface area contributed by atoms with Crippen molar-refractivity contribution in [3.8, 4) is 0 Å². The van der Waals surface area contributed by atoms with Crippen molar-refractivity contribution < 1.29 is 4.79 Å². The number of likely N-dealkylation sites (tertiary alicyclic amines) is 1. The molecule has 0 radical (unpaired) electrons. The fourth-order valence-corrected chi connectivity index (χ4v) is 3.43. The van der Waals surface area contributed by atoms with Crippen molar-refractivity contribution >= 4 is 33.3 Å². The Bertz CT molecular complexity index is 704. The number of para-hydroxylation sites is 1. The number of amides is 1. The molecular formula is C18H21BrN4O. The monoisotopic (exact) mass is 388 g/mol. The van der Waals surface area contributed by atoms with Crippen LogP contribution in [0.1, 0.15) is 43.1 Å². The van der Waals surface area contributed by atoms with Crippen LogP contribution in [0.5, 0.6) is 0 Å². The second-order valence-electron chi connectivity index (χ2n) is 5.95. The molecule has 1 atom stereocenters. The number of halogens is 1.